The summed E-state index contributed by atoms with van der Waals surface area (Å²) in [6.45, 7) is 2.47. The average molecular weight is 288 g/mol. The van der Waals surface area contributed by atoms with Gasteiger partial charge >= 0.3 is 0 Å². The standard InChI is InChI=1S/C15H16N2O2S/c1-10(14-7-4-8-20-14)17-15(18)13-9-16-11-5-2-3-6-12(11)19-13/h2-8,10,13,16H,9H2,1H3,(H,17,18)/t10-,13?/m1/s1. The molecule has 0 saturated carbocycles. The van der Waals surface area contributed by atoms with Crippen molar-refractivity contribution in [1.82, 2.24) is 5.32 Å². The number of anilines is 1. The molecule has 0 spiro atoms. The molecule has 1 unspecified atom stereocenters. The first-order valence-electron chi connectivity index (χ1n) is 6.57. The summed E-state index contributed by atoms with van der Waals surface area (Å²) < 4.78 is 5.74. The lowest BCUT2D eigenvalue weighted by atomic mass is 10.2. The van der Waals surface area contributed by atoms with Gasteiger partial charge in [0.25, 0.3) is 5.91 Å². The molecule has 2 aromatic rings. The van der Waals surface area contributed by atoms with Gasteiger partial charge in [-0.1, -0.05) is 18.2 Å². The van der Waals surface area contributed by atoms with Crippen LogP contribution in [-0.4, -0.2) is 18.6 Å². The molecule has 1 aliphatic rings. The van der Waals surface area contributed by atoms with Gasteiger partial charge in [0.1, 0.15) is 5.75 Å². The summed E-state index contributed by atoms with van der Waals surface area (Å²) in [7, 11) is 0. The van der Waals surface area contributed by atoms with Crippen molar-refractivity contribution in [1.29, 1.82) is 0 Å². The van der Waals surface area contributed by atoms with Gasteiger partial charge in [-0.3, -0.25) is 4.79 Å². The van der Waals surface area contributed by atoms with Gasteiger partial charge in [0.05, 0.1) is 18.3 Å². The van der Waals surface area contributed by atoms with Gasteiger partial charge in [0, 0.05) is 4.88 Å². The van der Waals surface area contributed by atoms with Crippen LogP contribution in [0.3, 0.4) is 0 Å². The van der Waals surface area contributed by atoms with Gasteiger partial charge < -0.3 is 15.4 Å². The molecule has 0 fully saturated rings. The molecule has 2 heterocycles. The number of para-hydroxylation sites is 2. The third-order valence-corrected chi connectivity index (χ3v) is 4.31. The molecule has 1 aromatic carbocycles. The zero-order chi connectivity index (χ0) is 13.9. The highest BCUT2D eigenvalue weighted by atomic mass is 32.1. The summed E-state index contributed by atoms with van der Waals surface area (Å²) in [5, 5.41) is 8.21. The number of hydrogen-bond donors (Lipinski definition) is 2. The van der Waals surface area contributed by atoms with Gasteiger partial charge in [-0.15, -0.1) is 11.3 Å². The number of hydrogen-bond acceptors (Lipinski definition) is 4. The molecule has 1 aliphatic heterocycles. The maximum atomic E-state index is 12.2. The van der Waals surface area contributed by atoms with E-state index in [2.05, 4.69) is 10.6 Å². The molecule has 3 rings (SSSR count). The Bertz CT molecular complexity index is 598. The topological polar surface area (TPSA) is 50.4 Å². The quantitative estimate of drug-likeness (QED) is 0.913. The van der Waals surface area contributed by atoms with Crippen molar-refractivity contribution in [3.8, 4) is 5.75 Å². The molecule has 104 valence electrons. The summed E-state index contributed by atoms with van der Waals surface area (Å²) in [6.07, 6.45) is -0.493. The van der Waals surface area contributed by atoms with Gasteiger partial charge in [0.15, 0.2) is 6.10 Å². The van der Waals surface area contributed by atoms with Gasteiger partial charge in [-0.2, -0.15) is 0 Å². The smallest absolute Gasteiger partial charge is 0.263 e. The van der Waals surface area contributed by atoms with E-state index in [0.29, 0.717) is 6.54 Å². The van der Waals surface area contributed by atoms with Crippen molar-refractivity contribution >= 4 is 22.9 Å². The van der Waals surface area contributed by atoms with Gasteiger partial charge in [-0.25, -0.2) is 0 Å². The largest absolute Gasteiger partial charge is 0.477 e. The van der Waals surface area contributed by atoms with Crippen LogP contribution in [0.15, 0.2) is 41.8 Å². The van der Waals surface area contributed by atoms with Gasteiger partial charge in [-0.05, 0) is 30.5 Å². The van der Waals surface area contributed by atoms with Crippen molar-refractivity contribution in [2.45, 2.75) is 19.1 Å². The fraction of sp³-hybridized carbons (Fsp3) is 0.267. The third kappa shape index (κ3) is 2.63. The number of amides is 1. The summed E-state index contributed by atoms with van der Waals surface area (Å²) >= 11 is 1.64. The normalized spacial score (nSPS) is 18.4. The zero-order valence-electron chi connectivity index (χ0n) is 11.1. The van der Waals surface area contributed by atoms with Gasteiger partial charge in [0.2, 0.25) is 0 Å². The second kappa shape index (κ2) is 5.54. The highest BCUT2D eigenvalue weighted by Gasteiger charge is 2.26. The second-order valence-corrected chi connectivity index (χ2v) is 5.71. The maximum absolute atomic E-state index is 12.2. The van der Waals surface area contributed by atoms with Crippen LogP contribution in [0.4, 0.5) is 5.69 Å². The zero-order valence-corrected chi connectivity index (χ0v) is 11.9. The Labute approximate surface area is 121 Å². The number of rotatable bonds is 3. The monoisotopic (exact) mass is 288 g/mol. The molecule has 1 aromatic heterocycles. The SMILES string of the molecule is C[C@@H](NC(=O)C1CNc2ccccc2O1)c1cccs1. The van der Waals surface area contributed by atoms with E-state index in [4.69, 9.17) is 4.74 Å². The van der Waals surface area contributed by atoms with Crippen molar-refractivity contribution in [2.24, 2.45) is 0 Å². The molecular formula is C15H16N2O2S. The Balaban J connectivity index is 1.64. The second-order valence-electron chi connectivity index (χ2n) is 4.73. The Kier molecular flexibility index (Phi) is 3.60. The van der Waals surface area contributed by atoms with E-state index >= 15 is 0 Å². The first-order valence-corrected chi connectivity index (χ1v) is 7.45. The van der Waals surface area contributed by atoms with E-state index in [0.717, 1.165) is 16.3 Å². The van der Waals surface area contributed by atoms with E-state index in [1.807, 2.05) is 48.7 Å². The first kappa shape index (κ1) is 13.0. The summed E-state index contributed by atoms with van der Waals surface area (Å²) in [6, 6.07) is 11.7. The fourth-order valence-corrected chi connectivity index (χ4v) is 2.91. The van der Waals surface area contributed by atoms with E-state index in [9.17, 15) is 4.79 Å². The molecule has 0 bridgehead atoms. The predicted octanol–water partition coefficient (Wildman–Crippen LogP) is 2.80. The minimum atomic E-state index is -0.493. The van der Waals surface area contributed by atoms with E-state index in [1.165, 1.54) is 0 Å². The third-order valence-electron chi connectivity index (χ3n) is 3.26. The number of carbonyl (C=O) groups excluding carboxylic acids is 1. The molecule has 20 heavy (non-hydrogen) atoms. The lowest BCUT2D eigenvalue weighted by Crippen LogP contribution is -2.45. The molecular weight excluding hydrogens is 272 g/mol. The number of ether oxygens (including phenoxy) is 1. The van der Waals surface area contributed by atoms with Crippen LogP contribution in [0, 0.1) is 0 Å². The van der Waals surface area contributed by atoms with Crippen LogP contribution in [0.5, 0.6) is 5.75 Å². The molecule has 2 N–H and O–H groups in total. The lowest BCUT2D eigenvalue weighted by Gasteiger charge is -2.27. The van der Waals surface area contributed by atoms with Crippen molar-refractivity contribution in [3.05, 3.63) is 46.7 Å². The molecule has 1 amide bonds. The van der Waals surface area contributed by atoms with Crippen molar-refractivity contribution < 1.29 is 9.53 Å². The van der Waals surface area contributed by atoms with Crippen LogP contribution in [0.2, 0.25) is 0 Å². The molecule has 0 saturated heterocycles. The summed E-state index contributed by atoms with van der Waals surface area (Å²) in [5.41, 5.74) is 0.933. The summed E-state index contributed by atoms with van der Waals surface area (Å²) in [5.74, 6) is 0.635. The van der Waals surface area contributed by atoms with Crippen LogP contribution >= 0.6 is 11.3 Å². The molecule has 0 radical (unpaired) electrons. The van der Waals surface area contributed by atoms with Crippen molar-refractivity contribution in [2.75, 3.05) is 11.9 Å². The Morgan fingerprint density at radius 2 is 2.25 bits per heavy atom. The van der Waals surface area contributed by atoms with E-state index in [1.54, 1.807) is 11.3 Å². The number of fused-ring (bicyclic) bond motifs is 1. The predicted molar refractivity (Wildman–Crippen MR) is 80.2 cm³/mol. The number of nitrogens with one attached hydrogen (secondary N) is 2. The van der Waals surface area contributed by atoms with Crippen molar-refractivity contribution in [3.63, 3.8) is 0 Å². The van der Waals surface area contributed by atoms with E-state index < -0.39 is 6.10 Å². The van der Waals surface area contributed by atoms with Crippen LogP contribution in [-0.2, 0) is 4.79 Å². The minimum Gasteiger partial charge on any atom is -0.477 e. The van der Waals surface area contributed by atoms with Crippen LogP contribution in [0.1, 0.15) is 17.8 Å². The number of carbonyl (C=O) groups is 1. The van der Waals surface area contributed by atoms with Crippen LogP contribution in [0.25, 0.3) is 0 Å². The Morgan fingerprint density at radius 1 is 1.40 bits per heavy atom. The molecule has 4 nitrogen and oxygen atoms in total. The molecule has 0 aliphatic carbocycles. The number of thiophene rings is 1. The summed E-state index contributed by atoms with van der Waals surface area (Å²) in [4.78, 5) is 13.4. The lowest BCUT2D eigenvalue weighted by molar-refractivity contribution is -0.128. The average Bonchev–Trinajstić information content (AvgIpc) is 3.01. The minimum absolute atomic E-state index is 0.00303. The van der Waals surface area contributed by atoms with Crippen LogP contribution < -0.4 is 15.4 Å². The van der Waals surface area contributed by atoms with E-state index in [-0.39, 0.29) is 11.9 Å². The maximum Gasteiger partial charge on any atom is 0.263 e. The Hall–Kier alpha value is -2.01. The molecule has 2 atom stereocenters. The fourth-order valence-electron chi connectivity index (χ4n) is 2.17. The highest BCUT2D eigenvalue weighted by molar-refractivity contribution is 7.10. The Morgan fingerprint density at radius 3 is 3.05 bits per heavy atom. The first-order chi connectivity index (χ1) is 9.74. The highest BCUT2D eigenvalue weighted by Crippen LogP contribution is 2.28. The molecule has 5 heteroatoms. The number of benzene rings is 1.